The van der Waals surface area contributed by atoms with Crippen molar-refractivity contribution in [3.8, 4) is 0 Å². The smallest absolute Gasteiger partial charge is 0.267 e. The first-order valence-electron chi connectivity index (χ1n) is 9.73. The van der Waals surface area contributed by atoms with Crippen molar-refractivity contribution in [3.63, 3.8) is 0 Å². The summed E-state index contributed by atoms with van der Waals surface area (Å²) in [6.07, 6.45) is 8.70. The first-order chi connectivity index (χ1) is 13.7. The SMILES string of the molecule is O=C(C=Cc1ccc(CN2CCC[C@@H]2Cc2c[nH]c3ccccc23)cc1)NO. The van der Waals surface area contributed by atoms with Crippen molar-refractivity contribution in [1.29, 1.82) is 0 Å². The third-order valence-electron chi connectivity index (χ3n) is 5.53. The molecule has 1 amide bonds. The first kappa shape index (κ1) is 18.5. The molecule has 0 bridgehead atoms. The van der Waals surface area contributed by atoms with Crippen LogP contribution < -0.4 is 5.48 Å². The monoisotopic (exact) mass is 375 g/mol. The summed E-state index contributed by atoms with van der Waals surface area (Å²) in [6.45, 7) is 2.07. The second-order valence-corrected chi connectivity index (χ2v) is 7.38. The maximum atomic E-state index is 11.1. The van der Waals surface area contributed by atoms with Gasteiger partial charge in [0.15, 0.2) is 0 Å². The number of fused-ring (bicyclic) bond motifs is 1. The standard InChI is InChI=1S/C23H25N3O2/c27-23(25-28)12-11-17-7-9-18(10-8-17)16-26-13-3-4-20(26)14-19-15-24-22-6-2-1-5-21(19)22/h1-2,5-12,15,20,24,28H,3-4,13-14,16H2,(H,25,27)/t20-/m1/s1. The molecule has 0 spiro atoms. The van der Waals surface area contributed by atoms with E-state index in [9.17, 15) is 4.79 Å². The molecule has 2 heterocycles. The van der Waals surface area contributed by atoms with Crippen LogP contribution in [-0.2, 0) is 17.8 Å². The summed E-state index contributed by atoms with van der Waals surface area (Å²) in [6, 6.07) is 17.3. The van der Waals surface area contributed by atoms with Crippen LogP contribution in [0.3, 0.4) is 0 Å². The van der Waals surface area contributed by atoms with Crippen molar-refractivity contribution in [2.45, 2.75) is 31.8 Å². The van der Waals surface area contributed by atoms with E-state index in [0.717, 1.165) is 25.1 Å². The number of hydrogen-bond acceptors (Lipinski definition) is 3. The number of aromatic amines is 1. The average molecular weight is 375 g/mol. The summed E-state index contributed by atoms with van der Waals surface area (Å²) >= 11 is 0. The van der Waals surface area contributed by atoms with Crippen molar-refractivity contribution in [3.05, 3.63) is 77.5 Å². The third-order valence-corrected chi connectivity index (χ3v) is 5.53. The van der Waals surface area contributed by atoms with Crippen LogP contribution in [0.2, 0.25) is 0 Å². The lowest BCUT2D eigenvalue weighted by Gasteiger charge is -2.24. The fraction of sp³-hybridized carbons (Fsp3) is 0.261. The molecule has 144 valence electrons. The van der Waals surface area contributed by atoms with Crippen LogP contribution in [0.1, 0.15) is 29.5 Å². The number of likely N-dealkylation sites (tertiary alicyclic amines) is 1. The molecule has 3 aromatic rings. The Morgan fingerprint density at radius 1 is 1.21 bits per heavy atom. The maximum Gasteiger partial charge on any atom is 0.267 e. The number of carbonyl (C=O) groups excluding carboxylic acids is 1. The lowest BCUT2D eigenvalue weighted by atomic mass is 10.0. The highest BCUT2D eigenvalue weighted by Gasteiger charge is 2.25. The van der Waals surface area contributed by atoms with Crippen molar-refractivity contribution >= 4 is 22.9 Å². The molecule has 5 heteroatoms. The molecule has 0 aliphatic carbocycles. The van der Waals surface area contributed by atoms with Gasteiger partial charge in [0.05, 0.1) is 0 Å². The van der Waals surface area contributed by atoms with Crippen LogP contribution in [0.5, 0.6) is 0 Å². The summed E-state index contributed by atoms with van der Waals surface area (Å²) in [5.74, 6) is -0.527. The number of amides is 1. The summed E-state index contributed by atoms with van der Waals surface area (Å²) < 4.78 is 0. The highest BCUT2D eigenvalue weighted by atomic mass is 16.5. The predicted molar refractivity (Wildman–Crippen MR) is 111 cm³/mol. The van der Waals surface area contributed by atoms with Crippen LogP contribution in [0.25, 0.3) is 17.0 Å². The zero-order valence-electron chi connectivity index (χ0n) is 15.8. The molecule has 0 unspecified atom stereocenters. The van der Waals surface area contributed by atoms with E-state index in [-0.39, 0.29) is 0 Å². The molecule has 1 aliphatic rings. The molecule has 4 rings (SSSR count). The van der Waals surface area contributed by atoms with Crippen LogP contribution in [-0.4, -0.2) is 33.6 Å². The fourth-order valence-corrected chi connectivity index (χ4v) is 4.07. The number of H-pyrrole nitrogens is 1. The number of hydroxylamine groups is 1. The van der Waals surface area contributed by atoms with Gasteiger partial charge in [0, 0.05) is 35.8 Å². The molecule has 3 N–H and O–H groups in total. The van der Waals surface area contributed by atoms with E-state index < -0.39 is 5.91 Å². The van der Waals surface area contributed by atoms with E-state index in [0.29, 0.717) is 6.04 Å². The predicted octanol–water partition coefficient (Wildman–Crippen LogP) is 3.89. The Bertz CT molecular complexity index is 975. The summed E-state index contributed by atoms with van der Waals surface area (Å²) in [5.41, 5.74) is 6.41. The van der Waals surface area contributed by atoms with Crippen LogP contribution in [0.4, 0.5) is 0 Å². The van der Waals surface area contributed by atoms with Gasteiger partial charge in [-0.2, -0.15) is 0 Å². The maximum absolute atomic E-state index is 11.1. The van der Waals surface area contributed by atoms with E-state index in [4.69, 9.17) is 5.21 Å². The molecule has 1 aromatic heterocycles. The van der Waals surface area contributed by atoms with E-state index in [1.807, 2.05) is 12.1 Å². The normalized spacial score (nSPS) is 17.5. The lowest BCUT2D eigenvalue weighted by Crippen LogP contribution is -2.30. The Kier molecular flexibility index (Phi) is 5.55. The molecule has 0 radical (unpaired) electrons. The van der Waals surface area contributed by atoms with Gasteiger partial charge in [-0.1, -0.05) is 42.5 Å². The van der Waals surface area contributed by atoms with E-state index in [2.05, 4.69) is 52.5 Å². The van der Waals surface area contributed by atoms with Gasteiger partial charge in [0.2, 0.25) is 0 Å². The van der Waals surface area contributed by atoms with Gasteiger partial charge in [0.1, 0.15) is 0 Å². The summed E-state index contributed by atoms with van der Waals surface area (Å²) in [5, 5.41) is 9.86. The van der Waals surface area contributed by atoms with Gasteiger partial charge in [-0.3, -0.25) is 14.9 Å². The second-order valence-electron chi connectivity index (χ2n) is 7.38. The first-order valence-corrected chi connectivity index (χ1v) is 9.73. The van der Waals surface area contributed by atoms with Crippen molar-refractivity contribution < 1.29 is 10.0 Å². The molecule has 28 heavy (non-hydrogen) atoms. The number of nitrogens with zero attached hydrogens (tertiary/aromatic N) is 1. The number of aromatic nitrogens is 1. The highest BCUT2D eigenvalue weighted by Crippen LogP contribution is 2.27. The molecular formula is C23H25N3O2. The van der Waals surface area contributed by atoms with Gasteiger partial charge in [0.25, 0.3) is 5.91 Å². The van der Waals surface area contributed by atoms with Gasteiger partial charge in [-0.15, -0.1) is 0 Å². The Balaban J connectivity index is 1.41. The van der Waals surface area contributed by atoms with E-state index >= 15 is 0 Å². The lowest BCUT2D eigenvalue weighted by molar-refractivity contribution is -0.124. The largest absolute Gasteiger partial charge is 0.361 e. The van der Waals surface area contributed by atoms with E-state index in [1.165, 1.54) is 40.9 Å². The minimum Gasteiger partial charge on any atom is -0.361 e. The second kappa shape index (κ2) is 8.42. The van der Waals surface area contributed by atoms with Crippen molar-refractivity contribution in [2.75, 3.05) is 6.54 Å². The summed E-state index contributed by atoms with van der Waals surface area (Å²) in [7, 11) is 0. The highest BCUT2D eigenvalue weighted by molar-refractivity contribution is 5.90. The molecular weight excluding hydrogens is 350 g/mol. The van der Waals surface area contributed by atoms with Crippen LogP contribution in [0.15, 0.2) is 60.8 Å². The number of rotatable bonds is 6. The number of carbonyl (C=O) groups is 1. The Morgan fingerprint density at radius 3 is 2.86 bits per heavy atom. The zero-order chi connectivity index (χ0) is 19.3. The van der Waals surface area contributed by atoms with Gasteiger partial charge in [-0.25, -0.2) is 5.48 Å². The van der Waals surface area contributed by atoms with Gasteiger partial charge < -0.3 is 4.98 Å². The Morgan fingerprint density at radius 2 is 2.04 bits per heavy atom. The van der Waals surface area contributed by atoms with Crippen molar-refractivity contribution in [1.82, 2.24) is 15.4 Å². The fourth-order valence-electron chi connectivity index (χ4n) is 4.07. The molecule has 1 saturated heterocycles. The number of hydrogen-bond donors (Lipinski definition) is 3. The third kappa shape index (κ3) is 4.16. The van der Waals surface area contributed by atoms with Crippen LogP contribution in [0, 0.1) is 0 Å². The minimum absolute atomic E-state index is 0.527. The minimum atomic E-state index is -0.527. The molecule has 1 aliphatic heterocycles. The molecule has 2 aromatic carbocycles. The van der Waals surface area contributed by atoms with Gasteiger partial charge in [-0.05, 0) is 54.6 Å². The Hall–Kier alpha value is -2.89. The Labute approximate surface area is 164 Å². The van der Waals surface area contributed by atoms with Crippen molar-refractivity contribution in [2.24, 2.45) is 0 Å². The van der Waals surface area contributed by atoms with Gasteiger partial charge >= 0.3 is 0 Å². The molecule has 0 saturated carbocycles. The van der Waals surface area contributed by atoms with Crippen LogP contribution >= 0.6 is 0 Å². The average Bonchev–Trinajstić information content (AvgIpc) is 3.35. The molecule has 5 nitrogen and oxygen atoms in total. The number of benzene rings is 2. The zero-order valence-corrected chi connectivity index (χ0v) is 15.8. The topological polar surface area (TPSA) is 68.4 Å². The summed E-state index contributed by atoms with van der Waals surface area (Å²) in [4.78, 5) is 17.0. The number of nitrogens with one attached hydrogen (secondary N) is 2. The molecule has 1 atom stereocenters. The van der Waals surface area contributed by atoms with E-state index in [1.54, 1.807) is 11.6 Å². The quantitative estimate of drug-likeness (QED) is 0.348. The number of para-hydroxylation sites is 1. The molecule has 1 fully saturated rings.